The number of rotatable bonds is 9. The monoisotopic (exact) mass is 286 g/mol. The van der Waals surface area contributed by atoms with Gasteiger partial charge in [-0.25, -0.2) is 0 Å². The molecule has 1 saturated carbocycles. The van der Waals surface area contributed by atoms with Crippen LogP contribution in [0.25, 0.3) is 0 Å². The van der Waals surface area contributed by atoms with Crippen LogP contribution in [0.15, 0.2) is 30.3 Å². The molecule has 0 nitrogen and oxygen atoms in total. The molecule has 0 amide bonds. The molecule has 2 rings (SSSR count). The molecule has 1 aromatic rings. The van der Waals surface area contributed by atoms with Crippen molar-refractivity contribution in [3.8, 4) is 0 Å². The second-order valence-electron chi connectivity index (χ2n) is 7.24. The molecule has 0 aromatic heterocycles. The van der Waals surface area contributed by atoms with Gasteiger partial charge in [0.1, 0.15) is 0 Å². The maximum atomic E-state index is 2.33. The average molecular weight is 287 g/mol. The van der Waals surface area contributed by atoms with Crippen molar-refractivity contribution in [2.24, 2.45) is 5.41 Å². The molecule has 1 aromatic carbocycles. The lowest BCUT2D eigenvalue weighted by atomic mass is 9.67. The molecule has 0 spiro atoms. The predicted octanol–water partition coefficient (Wildman–Crippen LogP) is 6.93. The summed E-state index contributed by atoms with van der Waals surface area (Å²) >= 11 is 0. The highest BCUT2D eigenvalue weighted by atomic mass is 14.4. The molecular formula is C21H34. The fraction of sp³-hybridized carbons (Fsp3) is 0.714. The van der Waals surface area contributed by atoms with E-state index in [4.69, 9.17) is 0 Å². The van der Waals surface area contributed by atoms with Gasteiger partial charge in [0.15, 0.2) is 0 Å². The number of hydrogen-bond acceptors (Lipinski definition) is 0. The van der Waals surface area contributed by atoms with E-state index in [1.54, 1.807) is 5.56 Å². The first-order valence-electron chi connectivity index (χ1n) is 9.39. The molecule has 1 aliphatic rings. The highest BCUT2D eigenvalue weighted by molar-refractivity contribution is 5.16. The summed E-state index contributed by atoms with van der Waals surface area (Å²) < 4.78 is 0. The van der Waals surface area contributed by atoms with Gasteiger partial charge in [-0.2, -0.15) is 0 Å². The lowest BCUT2D eigenvalue weighted by Crippen LogP contribution is -2.26. The van der Waals surface area contributed by atoms with Gasteiger partial charge in [-0.1, -0.05) is 95.0 Å². The Balaban J connectivity index is 1.82. The van der Waals surface area contributed by atoms with Crippen LogP contribution in [0, 0.1) is 5.41 Å². The van der Waals surface area contributed by atoms with Gasteiger partial charge >= 0.3 is 0 Å². The van der Waals surface area contributed by atoms with Crippen molar-refractivity contribution < 1.29 is 0 Å². The van der Waals surface area contributed by atoms with Gasteiger partial charge in [0.25, 0.3) is 0 Å². The molecule has 0 N–H and O–H groups in total. The summed E-state index contributed by atoms with van der Waals surface area (Å²) in [7, 11) is 0. The Morgan fingerprint density at radius 1 is 0.810 bits per heavy atom. The van der Waals surface area contributed by atoms with Crippen molar-refractivity contribution in [2.45, 2.75) is 90.4 Å². The smallest absolute Gasteiger partial charge is 0.0222 e. The van der Waals surface area contributed by atoms with Crippen LogP contribution < -0.4 is 0 Å². The third-order valence-corrected chi connectivity index (χ3v) is 5.40. The maximum Gasteiger partial charge on any atom is -0.0222 e. The molecular weight excluding hydrogens is 252 g/mol. The lowest BCUT2D eigenvalue weighted by Gasteiger charge is -2.38. The van der Waals surface area contributed by atoms with Crippen molar-refractivity contribution in [3.05, 3.63) is 35.9 Å². The van der Waals surface area contributed by atoms with Crippen LogP contribution in [0.3, 0.4) is 0 Å². The van der Waals surface area contributed by atoms with Crippen molar-refractivity contribution in [1.29, 1.82) is 0 Å². The van der Waals surface area contributed by atoms with Gasteiger partial charge in [-0.3, -0.25) is 0 Å². The minimum atomic E-state index is 0.629. The first-order valence-corrected chi connectivity index (χ1v) is 9.39. The molecule has 0 saturated heterocycles. The fourth-order valence-corrected chi connectivity index (χ4v) is 4.13. The summed E-state index contributed by atoms with van der Waals surface area (Å²) in [6, 6.07) is 11.2. The van der Waals surface area contributed by atoms with Crippen LogP contribution in [-0.4, -0.2) is 0 Å². The van der Waals surface area contributed by atoms with Gasteiger partial charge in [-0.05, 0) is 36.7 Å². The van der Waals surface area contributed by atoms with Crippen molar-refractivity contribution in [3.63, 3.8) is 0 Å². The summed E-state index contributed by atoms with van der Waals surface area (Å²) in [4.78, 5) is 0. The zero-order valence-electron chi connectivity index (χ0n) is 14.1. The van der Waals surface area contributed by atoms with E-state index in [9.17, 15) is 0 Å². The average Bonchev–Trinajstić information content (AvgIpc) is 2.53. The molecule has 118 valence electrons. The topological polar surface area (TPSA) is 0 Å². The van der Waals surface area contributed by atoms with Crippen LogP contribution in [0.1, 0.15) is 89.5 Å². The third-order valence-electron chi connectivity index (χ3n) is 5.40. The van der Waals surface area contributed by atoms with Gasteiger partial charge in [0.2, 0.25) is 0 Å². The molecule has 0 bridgehead atoms. The van der Waals surface area contributed by atoms with E-state index in [-0.39, 0.29) is 0 Å². The zero-order valence-corrected chi connectivity index (χ0v) is 14.1. The highest BCUT2D eigenvalue weighted by Gasteiger charge is 2.31. The highest BCUT2D eigenvalue weighted by Crippen LogP contribution is 2.43. The normalized spacial score (nSPS) is 17.8. The van der Waals surface area contributed by atoms with E-state index in [0.717, 1.165) is 0 Å². The summed E-state index contributed by atoms with van der Waals surface area (Å²) in [5.74, 6) is 0. The summed E-state index contributed by atoms with van der Waals surface area (Å²) in [5.41, 5.74) is 2.19. The number of unbranched alkanes of at least 4 members (excludes halogenated alkanes) is 5. The first-order chi connectivity index (χ1) is 10.3. The first kappa shape index (κ1) is 16.6. The lowest BCUT2D eigenvalue weighted by molar-refractivity contribution is 0.165. The van der Waals surface area contributed by atoms with Crippen LogP contribution >= 0.6 is 0 Å². The summed E-state index contributed by atoms with van der Waals surface area (Å²) in [6.45, 7) is 2.30. The second-order valence-corrected chi connectivity index (χ2v) is 7.24. The van der Waals surface area contributed by atoms with Crippen molar-refractivity contribution in [1.82, 2.24) is 0 Å². The van der Waals surface area contributed by atoms with E-state index >= 15 is 0 Å². The van der Waals surface area contributed by atoms with Crippen LogP contribution in [-0.2, 0) is 6.42 Å². The minimum Gasteiger partial charge on any atom is -0.0654 e. The Labute approximate surface area is 132 Å². The van der Waals surface area contributed by atoms with Gasteiger partial charge in [0.05, 0.1) is 0 Å². The third kappa shape index (κ3) is 5.85. The number of hydrogen-bond donors (Lipinski definition) is 0. The van der Waals surface area contributed by atoms with E-state index in [0.29, 0.717) is 5.41 Å². The number of benzene rings is 1. The van der Waals surface area contributed by atoms with Crippen LogP contribution in [0.4, 0.5) is 0 Å². The molecule has 0 radical (unpaired) electrons. The molecule has 0 heteroatoms. The van der Waals surface area contributed by atoms with Crippen LogP contribution in [0.2, 0.25) is 0 Å². The standard InChI is InChI=1S/C21H34/c1-2-3-4-5-6-11-16-21(17-12-8-13-18-21)19-20-14-9-7-10-15-20/h7,9-10,14-15H,2-6,8,11-13,16-19H2,1H3. The predicted molar refractivity (Wildman–Crippen MR) is 93.7 cm³/mol. The van der Waals surface area contributed by atoms with E-state index in [2.05, 4.69) is 37.3 Å². The van der Waals surface area contributed by atoms with E-state index < -0.39 is 0 Å². The largest absolute Gasteiger partial charge is 0.0654 e. The summed E-state index contributed by atoms with van der Waals surface area (Å²) in [6.07, 6.45) is 18.7. The molecule has 0 heterocycles. The molecule has 0 unspecified atom stereocenters. The Morgan fingerprint density at radius 2 is 1.48 bits per heavy atom. The SMILES string of the molecule is CCCCCCCCC1(Cc2ccccc2)CCCCC1. The zero-order chi connectivity index (χ0) is 14.8. The Kier molecular flexibility index (Phi) is 7.33. The summed E-state index contributed by atoms with van der Waals surface area (Å²) in [5, 5.41) is 0. The quantitative estimate of drug-likeness (QED) is 0.432. The van der Waals surface area contributed by atoms with Crippen molar-refractivity contribution in [2.75, 3.05) is 0 Å². The molecule has 0 aliphatic heterocycles. The van der Waals surface area contributed by atoms with Crippen molar-refractivity contribution >= 4 is 0 Å². The Hall–Kier alpha value is -0.780. The second kappa shape index (κ2) is 9.28. The Bertz CT molecular complexity index is 359. The molecule has 1 fully saturated rings. The Morgan fingerprint density at radius 3 is 2.19 bits per heavy atom. The van der Waals surface area contributed by atoms with E-state index in [1.165, 1.54) is 83.5 Å². The maximum absolute atomic E-state index is 2.33. The van der Waals surface area contributed by atoms with Gasteiger partial charge < -0.3 is 0 Å². The molecule has 0 atom stereocenters. The molecule has 1 aliphatic carbocycles. The minimum absolute atomic E-state index is 0.629. The van der Waals surface area contributed by atoms with Gasteiger partial charge in [0, 0.05) is 0 Å². The fourth-order valence-electron chi connectivity index (χ4n) is 4.13. The van der Waals surface area contributed by atoms with Crippen LogP contribution in [0.5, 0.6) is 0 Å². The van der Waals surface area contributed by atoms with E-state index in [1.807, 2.05) is 0 Å². The molecule has 21 heavy (non-hydrogen) atoms. The van der Waals surface area contributed by atoms with Gasteiger partial charge in [-0.15, -0.1) is 0 Å².